The number of aliphatic hydroxyl groups is 2. The molecule has 1 heterocycles. The summed E-state index contributed by atoms with van der Waals surface area (Å²) >= 11 is 1.40. The molecule has 5 heteroatoms. The van der Waals surface area contributed by atoms with E-state index in [0.717, 1.165) is 4.88 Å². The SMILES string of the molecule is Cc1ccc(C(=O)NC[C@H](O)CO)s1. The molecular formula is C9H13NO3S. The zero-order valence-corrected chi connectivity index (χ0v) is 8.67. The molecule has 78 valence electrons. The first-order valence-corrected chi connectivity index (χ1v) is 5.08. The first-order valence-electron chi connectivity index (χ1n) is 4.27. The molecular weight excluding hydrogens is 202 g/mol. The highest BCUT2D eigenvalue weighted by Crippen LogP contribution is 2.14. The van der Waals surface area contributed by atoms with Crippen molar-refractivity contribution in [1.82, 2.24) is 5.32 Å². The molecule has 0 radical (unpaired) electrons. The van der Waals surface area contributed by atoms with Crippen LogP contribution in [0, 0.1) is 6.92 Å². The predicted octanol–water partition coefficient (Wildman–Crippen LogP) is 0.140. The zero-order chi connectivity index (χ0) is 10.6. The van der Waals surface area contributed by atoms with E-state index in [-0.39, 0.29) is 19.1 Å². The summed E-state index contributed by atoms with van der Waals surface area (Å²) in [5, 5.41) is 20.0. The third kappa shape index (κ3) is 3.10. The van der Waals surface area contributed by atoms with Gasteiger partial charge in [0, 0.05) is 11.4 Å². The van der Waals surface area contributed by atoms with Crippen LogP contribution >= 0.6 is 11.3 Å². The lowest BCUT2D eigenvalue weighted by atomic mass is 10.3. The zero-order valence-electron chi connectivity index (χ0n) is 7.86. The summed E-state index contributed by atoms with van der Waals surface area (Å²) in [6.07, 6.45) is -0.889. The second kappa shape index (κ2) is 5.09. The first kappa shape index (κ1) is 11.2. The highest BCUT2D eigenvalue weighted by atomic mass is 32.1. The summed E-state index contributed by atoms with van der Waals surface area (Å²) in [5.74, 6) is -0.212. The standard InChI is InChI=1S/C9H13NO3S/c1-6-2-3-8(14-6)9(13)10-4-7(12)5-11/h2-3,7,11-12H,4-5H2,1H3,(H,10,13)/t7-/m0/s1. The molecule has 1 aromatic rings. The van der Waals surface area contributed by atoms with E-state index >= 15 is 0 Å². The number of carbonyl (C=O) groups excluding carboxylic acids is 1. The summed E-state index contributed by atoms with van der Waals surface area (Å²) in [6.45, 7) is 1.65. The Labute approximate surface area is 86.2 Å². The molecule has 0 bridgehead atoms. The summed E-state index contributed by atoms with van der Waals surface area (Å²) in [5.41, 5.74) is 0. The fourth-order valence-corrected chi connectivity index (χ4v) is 1.70. The van der Waals surface area contributed by atoms with Crippen molar-refractivity contribution in [2.45, 2.75) is 13.0 Å². The van der Waals surface area contributed by atoms with Crippen molar-refractivity contribution in [2.75, 3.05) is 13.2 Å². The molecule has 0 fully saturated rings. The number of carbonyl (C=O) groups is 1. The Morgan fingerprint density at radius 3 is 2.86 bits per heavy atom. The van der Waals surface area contributed by atoms with Gasteiger partial charge in [-0.05, 0) is 19.1 Å². The van der Waals surface area contributed by atoms with E-state index in [1.807, 2.05) is 13.0 Å². The molecule has 0 aliphatic rings. The van der Waals surface area contributed by atoms with E-state index in [1.165, 1.54) is 11.3 Å². The van der Waals surface area contributed by atoms with Gasteiger partial charge in [-0.3, -0.25) is 4.79 Å². The van der Waals surface area contributed by atoms with Crippen molar-refractivity contribution in [2.24, 2.45) is 0 Å². The normalized spacial score (nSPS) is 12.5. The average molecular weight is 215 g/mol. The molecule has 1 aromatic heterocycles. The highest BCUT2D eigenvalue weighted by Gasteiger charge is 2.09. The van der Waals surface area contributed by atoms with Crippen LogP contribution in [0.15, 0.2) is 12.1 Å². The van der Waals surface area contributed by atoms with Gasteiger partial charge >= 0.3 is 0 Å². The van der Waals surface area contributed by atoms with Gasteiger partial charge in [-0.1, -0.05) is 0 Å². The molecule has 0 unspecified atom stereocenters. The van der Waals surface area contributed by atoms with Gasteiger partial charge in [-0.15, -0.1) is 11.3 Å². The second-order valence-corrected chi connectivity index (χ2v) is 4.24. The molecule has 0 aliphatic carbocycles. The van der Waals surface area contributed by atoms with Crippen LogP contribution in [-0.4, -0.2) is 35.4 Å². The van der Waals surface area contributed by atoms with Gasteiger partial charge in [0.05, 0.1) is 17.6 Å². The quantitative estimate of drug-likeness (QED) is 0.669. The lowest BCUT2D eigenvalue weighted by molar-refractivity contribution is 0.0804. The Hall–Kier alpha value is -0.910. The molecule has 0 saturated heterocycles. The molecule has 3 N–H and O–H groups in total. The number of thiophene rings is 1. The topological polar surface area (TPSA) is 69.6 Å². The summed E-state index contributed by atoms with van der Waals surface area (Å²) in [4.78, 5) is 13.1. The van der Waals surface area contributed by atoms with Gasteiger partial charge in [0.2, 0.25) is 0 Å². The molecule has 1 amide bonds. The number of rotatable bonds is 4. The van der Waals surface area contributed by atoms with E-state index in [4.69, 9.17) is 10.2 Å². The van der Waals surface area contributed by atoms with E-state index < -0.39 is 6.10 Å². The van der Waals surface area contributed by atoms with Crippen LogP contribution < -0.4 is 5.32 Å². The molecule has 14 heavy (non-hydrogen) atoms. The van der Waals surface area contributed by atoms with Crippen LogP contribution in [0.25, 0.3) is 0 Å². The largest absolute Gasteiger partial charge is 0.394 e. The second-order valence-electron chi connectivity index (χ2n) is 2.96. The third-order valence-corrected chi connectivity index (χ3v) is 2.67. The number of hydrogen-bond donors (Lipinski definition) is 3. The Morgan fingerprint density at radius 1 is 1.64 bits per heavy atom. The summed E-state index contributed by atoms with van der Waals surface area (Å²) in [6, 6.07) is 3.60. The van der Waals surface area contributed by atoms with E-state index in [0.29, 0.717) is 4.88 Å². The minimum Gasteiger partial charge on any atom is -0.394 e. The first-order chi connectivity index (χ1) is 6.63. The summed E-state index contributed by atoms with van der Waals surface area (Å²) < 4.78 is 0. The maximum atomic E-state index is 11.4. The smallest absolute Gasteiger partial charge is 0.261 e. The number of aliphatic hydroxyl groups excluding tert-OH is 2. The van der Waals surface area contributed by atoms with E-state index in [1.54, 1.807) is 6.07 Å². The van der Waals surface area contributed by atoms with Gasteiger partial charge in [-0.2, -0.15) is 0 Å². The number of hydrogen-bond acceptors (Lipinski definition) is 4. The van der Waals surface area contributed by atoms with Crippen molar-refractivity contribution in [3.05, 3.63) is 21.9 Å². The van der Waals surface area contributed by atoms with E-state index in [9.17, 15) is 4.79 Å². The molecule has 4 nitrogen and oxygen atoms in total. The minimum atomic E-state index is -0.889. The van der Waals surface area contributed by atoms with Gasteiger partial charge in [0.15, 0.2) is 0 Å². The fourth-order valence-electron chi connectivity index (χ4n) is 0.919. The van der Waals surface area contributed by atoms with Crippen LogP contribution in [0.2, 0.25) is 0 Å². The average Bonchev–Trinajstić information content (AvgIpc) is 2.60. The predicted molar refractivity (Wildman–Crippen MR) is 54.5 cm³/mol. The highest BCUT2D eigenvalue weighted by molar-refractivity contribution is 7.13. The lowest BCUT2D eigenvalue weighted by Crippen LogP contribution is -2.33. The maximum Gasteiger partial charge on any atom is 0.261 e. The molecule has 0 spiro atoms. The Kier molecular flexibility index (Phi) is 4.06. The van der Waals surface area contributed by atoms with Crippen molar-refractivity contribution in [1.29, 1.82) is 0 Å². The van der Waals surface area contributed by atoms with Crippen LogP contribution in [0.3, 0.4) is 0 Å². The Balaban J connectivity index is 2.43. The van der Waals surface area contributed by atoms with Crippen LogP contribution in [0.5, 0.6) is 0 Å². The molecule has 0 aliphatic heterocycles. The van der Waals surface area contributed by atoms with Gasteiger partial charge in [0.25, 0.3) is 5.91 Å². The third-order valence-electron chi connectivity index (χ3n) is 1.67. The van der Waals surface area contributed by atoms with Crippen molar-refractivity contribution in [3.63, 3.8) is 0 Å². The number of amides is 1. The molecule has 0 aromatic carbocycles. The van der Waals surface area contributed by atoms with E-state index in [2.05, 4.69) is 5.32 Å². The lowest BCUT2D eigenvalue weighted by Gasteiger charge is -2.07. The monoisotopic (exact) mass is 215 g/mol. The van der Waals surface area contributed by atoms with Gasteiger partial charge < -0.3 is 15.5 Å². The number of aryl methyl sites for hydroxylation is 1. The van der Waals surface area contributed by atoms with Crippen LogP contribution in [-0.2, 0) is 0 Å². The van der Waals surface area contributed by atoms with Gasteiger partial charge in [-0.25, -0.2) is 0 Å². The Morgan fingerprint density at radius 2 is 2.36 bits per heavy atom. The Bertz CT molecular complexity index is 311. The van der Waals surface area contributed by atoms with Crippen LogP contribution in [0.4, 0.5) is 0 Å². The van der Waals surface area contributed by atoms with Crippen LogP contribution in [0.1, 0.15) is 14.5 Å². The van der Waals surface area contributed by atoms with Crippen molar-refractivity contribution >= 4 is 17.2 Å². The molecule has 1 atom stereocenters. The molecule has 1 rings (SSSR count). The van der Waals surface area contributed by atoms with Gasteiger partial charge in [0.1, 0.15) is 0 Å². The maximum absolute atomic E-state index is 11.4. The van der Waals surface area contributed by atoms with Crippen molar-refractivity contribution in [3.8, 4) is 0 Å². The molecule has 0 saturated carbocycles. The summed E-state index contributed by atoms with van der Waals surface area (Å²) in [7, 11) is 0. The van der Waals surface area contributed by atoms with Crippen molar-refractivity contribution < 1.29 is 15.0 Å². The fraction of sp³-hybridized carbons (Fsp3) is 0.444. The number of nitrogens with one attached hydrogen (secondary N) is 1. The minimum absolute atomic E-state index is 0.0757.